The molecule has 6 heterocycles. The van der Waals surface area contributed by atoms with Gasteiger partial charge in [0.05, 0.1) is 87.2 Å². The van der Waals surface area contributed by atoms with Crippen LogP contribution in [0.4, 0.5) is 9.59 Å². The third-order valence-electron chi connectivity index (χ3n) is 12.2. The van der Waals surface area contributed by atoms with Gasteiger partial charge in [-0.2, -0.15) is 10.2 Å². The number of amides is 2. The molecule has 18 nitrogen and oxygen atoms in total. The average molecular weight is 947 g/mol. The summed E-state index contributed by atoms with van der Waals surface area (Å²) in [6, 6.07) is 26.7. The summed E-state index contributed by atoms with van der Waals surface area (Å²) in [7, 11) is 6.82. The summed E-state index contributed by atoms with van der Waals surface area (Å²) in [5.74, 6) is 1.44. The second kappa shape index (κ2) is 20.3. The second-order valence-corrected chi connectivity index (χ2v) is 17.4. The van der Waals surface area contributed by atoms with Gasteiger partial charge in [-0.15, -0.1) is 0 Å². The Kier molecular flexibility index (Phi) is 13.7. The largest absolute Gasteiger partial charge is 0.493 e. The van der Waals surface area contributed by atoms with Crippen molar-refractivity contribution in [3.8, 4) is 68.0 Å². The Morgan fingerprint density at radius 2 is 0.943 bits per heavy atom. The summed E-state index contributed by atoms with van der Waals surface area (Å²) >= 11 is 0. The maximum atomic E-state index is 13.1. The molecule has 4 aromatic carbocycles. The number of nitrogens with zero attached hydrogens (tertiary/aromatic N) is 10. The number of carbonyl (C=O) groups excluding carboxylic acids is 2. The Hall–Kier alpha value is -7.96. The highest BCUT2D eigenvalue weighted by atomic mass is 16.6. The number of hydrogen-bond acceptors (Lipinski definition) is 14. The van der Waals surface area contributed by atoms with Crippen molar-refractivity contribution < 1.29 is 38.0 Å². The zero-order valence-electron chi connectivity index (χ0n) is 40.3. The first-order chi connectivity index (χ1) is 33.9. The summed E-state index contributed by atoms with van der Waals surface area (Å²) in [4.78, 5) is 47.5. The number of hydrogen-bond donors (Lipinski definition) is 0. The lowest BCUT2D eigenvalue weighted by molar-refractivity contribution is -0.0387. The van der Waals surface area contributed by atoms with Crippen LogP contribution in [-0.4, -0.2) is 126 Å². The SMILES string of the molecule is COc1cc2ncnc(-c3cn(C)nc3-c3ccccc3)c2cc1OC(=O)N1CC(C)OCC1C.COc1cc2ncnc(-c3cn(C)nc3-c3ccccc3)c2cc1OC(=O)N1C[C@H](C)OC[C@@H]1C. The number of aryl methyl sites for hydroxylation is 2. The Balaban J connectivity index is 0.000000174. The Labute approximate surface area is 404 Å². The van der Waals surface area contributed by atoms with E-state index >= 15 is 0 Å². The number of fused-ring (bicyclic) bond motifs is 2. The van der Waals surface area contributed by atoms with Gasteiger partial charge in [-0.1, -0.05) is 60.7 Å². The van der Waals surface area contributed by atoms with E-state index in [4.69, 9.17) is 28.4 Å². The lowest BCUT2D eigenvalue weighted by Crippen LogP contribution is -2.51. The minimum Gasteiger partial charge on any atom is -0.493 e. The molecular formula is C52H54N10O8. The van der Waals surface area contributed by atoms with Crippen molar-refractivity contribution >= 4 is 34.0 Å². The van der Waals surface area contributed by atoms with Crippen LogP contribution in [0, 0.1) is 0 Å². The summed E-state index contributed by atoms with van der Waals surface area (Å²) in [6.45, 7) is 9.59. The van der Waals surface area contributed by atoms with Gasteiger partial charge in [0, 0.05) is 71.6 Å². The van der Waals surface area contributed by atoms with Gasteiger partial charge >= 0.3 is 12.2 Å². The van der Waals surface area contributed by atoms with E-state index in [0.29, 0.717) is 71.7 Å². The van der Waals surface area contributed by atoms with Crippen LogP contribution in [0.5, 0.6) is 23.0 Å². The minimum atomic E-state index is -0.449. The predicted octanol–water partition coefficient (Wildman–Crippen LogP) is 8.63. The Morgan fingerprint density at radius 3 is 1.33 bits per heavy atom. The number of ether oxygens (including phenoxy) is 6. The fourth-order valence-electron chi connectivity index (χ4n) is 8.60. The normalized spacial score (nSPS) is 18.0. The summed E-state index contributed by atoms with van der Waals surface area (Å²) < 4.78 is 37.6. The van der Waals surface area contributed by atoms with E-state index in [2.05, 4.69) is 30.1 Å². The highest BCUT2D eigenvalue weighted by molar-refractivity contribution is 5.99. The number of carbonyl (C=O) groups is 2. The van der Waals surface area contributed by atoms with E-state index in [9.17, 15) is 9.59 Å². The predicted molar refractivity (Wildman–Crippen MR) is 263 cm³/mol. The summed E-state index contributed by atoms with van der Waals surface area (Å²) in [6.07, 6.45) is 5.87. The van der Waals surface area contributed by atoms with Crippen molar-refractivity contribution in [2.45, 2.75) is 52.0 Å². The van der Waals surface area contributed by atoms with Crippen molar-refractivity contribution in [2.24, 2.45) is 14.1 Å². The molecule has 4 atom stereocenters. The number of methoxy groups -OCH3 is 2. The molecule has 2 unspecified atom stereocenters. The zero-order chi connectivity index (χ0) is 49.1. The molecule has 0 bridgehead atoms. The number of benzene rings is 4. The molecule has 10 rings (SSSR count). The Bertz CT molecular complexity index is 2950. The fourth-order valence-corrected chi connectivity index (χ4v) is 8.60. The molecule has 2 amide bonds. The number of rotatable bonds is 8. The van der Waals surface area contributed by atoms with Gasteiger partial charge in [0.1, 0.15) is 24.0 Å². The molecule has 360 valence electrons. The molecular weight excluding hydrogens is 893 g/mol. The van der Waals surface area contributed by atoms with Crippen molar-refractivity contribution in [3.05, 3.63) is 110 Å². The van der Waals surface area contributed by atoms with Gasteiger partial charge in [-0.25, -0.2) is 29.5 Å². The molecule has 2 aliphatic heterocycles. The lowest BCUT2D eigenvalue weighted by Gasteiger charge is -2.35. The van der Waals surface area contributed by atoms with Crippen LogP contribution >= 0.6 is 0 Å². The molecule has 2 saturated heterocycles. The monoisotopic (exact) mass is 946 g/mol. The highest BCUT2D eigenvalue weighted by Gasteiger charge is 2.32. The van der Waals surface area contributed by atoms with E-state index in [1.807, 2.05) is 115 Å². The van der Waals surface area contributed by atoms with Gasteiger partial charge in [0.2, 0.25) is 0 Å². The highest BCUT2D eigenvalue weighted by Crippen LogP contribution is 2.40. The molecule has 2 fully saturated rings. The van der Waals surface area contributed by atoms with Crippen LogP contribution < -0.4 is 18.9 Å². The maximum Gasteiger partial charge on any atom is 0.415 e. The van der Waals surface area contributed by atoms with Crippen molar-refractivity contribution in [1.29, 1.82) is 0 Å². The van der Waals surface area contributed by atoms with Crippen molar-refractivity contribution in [2.75, 3.05) is 40.5 Å². The van der Waals surface area contributed by atoms with Crippen LogP contribution in [0.2, 0.25) is 0 Å². The lowest BCUT2D eigenvalue weighted by atomic mass is 10.0. The van der Waals surface area contributed by atoms with Crippen LogP contribution in [0.25, 0.3) is 66.8 Å². The molecule has 0 radical (unpaired) electrons. The zero-order valence-corrected chi connectivity index (χ0v) is 40.3. The molecule has 2 aliphatic rings. The van der Waals surface area contributed by atoms with Crippen LogP contribution in [0.1, 0.15) is 27.7 Å². The molecule has 0 aliphatic carbocycles. The smallest absolute Gasteiger partial charge is 0.415 e. The molecule has 0 spiro atoms. The second-order valence-electron chi connectivity index (χ2n) is 17.4. The summed E-state index contributed by atoms with van der Waals surface area (Å²) in [5, 5.41) is 10.8. The quantitative estimate of drug-likeness (QED) is 0.141. The van der Waals surface area contributed by atoms with Gasteiger partial charge in [-0.05, 0) is 39.8 Å². The van der Waals surface area contributed by atoms with Crippen LogP contribution in [-0.2, 0) is 23.6 Å². The first-order valence-electron chi connectivity index (χ1n) is 22.9. The Morgan fingerprint density at radius 1 is 0.543 bits per heavy atom. The minimum absolute atomic E-state index is 0.0563. The van der Waals surface area contributed by atoms with Gasteiger partial charge in [-0.3, -0.25) is 9.36 Å². The average Bonchev–Trinajstić information content (AvgIpc) is 3.97. The maximum absolute atomic E-state index is 13.1. The van der Waals surface area contributed by atoms with Gasteiger partial charge in [0.15, 0.2) is 23.0 Å². The topological polar surface area (TPSA) is 183 Å². The third kappa shape index (κ3) is 9.81. The molecule has 4 aromatic heterocycles. The van der Waals surface area contributed by atoms with Crippen molar-refractivity contribution in [3.63, 3.8) is 0 Å². The number of aromatic nitrogens is 8. The first-order valence-corrected chi connectivity index (χ1v) is 22.9. The van der Waals surface area contributed by atoms with E-state index in [1.165, 1.54) is 26.9 Å². The molecule has 70 heavy (non-hydrogen) atoms. The van der Waals surface area contributed by atoms with Gasteiger partial charge < -0.3 is 38.2 Å². The molecule has 8 aromatic rings. The van der Waals surface area contributed by atoms with E-state index in [-0.39, 0.29) is 24.3 Å². The van der Waals surface area contributed by atoms with Crippen molar-refractivity contribution in [1.82, 2.24) is 49.3 Å². The first kappa shape index (κ1) is 47.1. The van der Waals surface area contributed by atoms with E-state index in [1.54, 1.807) is 43.4 Å². The fraction of sp³-hybridized carbons (Fsp3) is 0.308. The van der Waals surface area contributed by atoms with Crippen LogP contribution in [0.3, 0.4) is 0 Å². The molecule has 0 saturated carbocycles. The summed E-state index contributed by atoms with van der Waals surface area (Å²) in [5.41, 5.74) is 7.98. The number of morpholine rings is 2. The van der Waals surface area contributed by atoms with E-state index < -0.39 is 12.2 Å². The standard InChI is InChI=1S/2C26H27N5O4/c2*1-16-14-34-17(2)12-31(16)26(32)35-23-10-19-21(11-22(23)33-4)27-15-28-25(19)20-13-30(3)29-24(20)18-8-6-5-7-9-18/h2*5-11,13,15-17H,12,14H2,1-4H3/t16-,17-;/m0./s1. The molecule has 18 heteroatoms. The van der Waals surface area contributed by atoms with E-state index in [0.717, 1.165) is 44.4 Å². The molecule has 0 N–H and O–H groups in total. The van der Waals surface area contributed by atoms with Crippen LogP contribution in [0.15, 0.2) is 110 Å². The van der Waals surface area contributed by atoms with Gasteiger partial charge in [0.25, 0.3) is 0 Å². The third-order valence-corrected chi connectivity index (χ3v) is 12.2.